The third-order valence-electron chi connectivity index (χ3n) is 5.72. The first kappa shape index (κ1) is 30.8. The van der Waals surface area contributed by atoms with Crippen LogP contribution in [-0.4, -0.2) is 48.5 Å². The Balaban J connectivity index is 0.000000331. The SMILES string of the molecule is C1CC1.FC1(F)CCCCC1.O=C(CCC(F)(F)F)NCc1cnn2cc(CNC(=O)c3cnccn3)nc2c1. The molecule has 0 saturated heterocycles. The van der Waals surface area contributed by atoms with Gasteiger partial charge in [0.1, 0.15) is 5.69 Å². The number of carbonyl (C=O) groups is 2. The van der Waals surface area contributed by atoms with Crippen molar-refractivity contribution in [2.24, 2.45) is 0 Å². The van der Waals surface area contributed by atoms with Gasteiger partial charge in [-0.1, -0.05) is 25.7 Å². The van der Waals surface area contributed by atoms with Crippen molar-refractivity contribution < 1.29 is 31.5 Å². The number of rotatable bonds is 7. The zero-order chi connectivity index (χ0) is 29.0. The highest BCUT2D eigenvalue weighted by atomic mass is 19.4. The van der Waals surface area contributed by atoms with Gasteiger partial charge in [0.05, 0.1) is 37.3 Å². The maximum atomic E-state index is 12.2. The Morgan fingerprint density at radius 3 is 2.23 bits per heavy atom. The quantitative estimate of drug-likeness (QED) is 0.380. The molecule has 9 nitrogen and oxygen atoms in total. The number of imidazole rings is 1. The lowest BCUT2D eigenvalue weighted by Gasteiger charge is -2.20. The van der Waals surface area contributed by atoms with Crippen molar-refractivity contribution in [1.82, 2.24) is 35.2 Å². The van der Waals surface area contributed by atoms with Crippen LogP contribution in [0.15, 0.2) is 37.1 Å². The number of nitrogens with one attached hydrogen (secondary N) is 2. The first-order valence-corrected chi connectivity index (χ1v) is 13.1. The molecule has 0 aromatic carbocycles. The lowest BCUT2D eigenvalue weighted by Crippen LogP contribution is -2.24. The van der Waals surface area contributed by atoms with Gasteiger partial charge < -0.3 is 10.6 Å². The van der Waals surface area contributed by atoms with E-state index < -0.39 is 36.8 Å². The van der Waals surface area contributed by atoms with Gasteiger partial charge in [-0.15, -0.1) is 0 Å². The van der Waals surface area contributed by atoms with E-state index in [-0.39, 0.29) is 31.6 Å². The number of alkyl halides is 5. The van der Waals surface area contributed by atoms with Crippen LogP contribution < -0.4 is 10.6 Å². The molecular formula is C26H32F5N7O2. The van der Waals surface area contributed by atoms with Gasteiger partial charge in [-0.3, -0.25) is 14.6 Å². The molecule has 2 fully saturated rings. The maximum absolute atomic E-state index is 12.2. The van der Waals surface area contributed by atoms with E-state index in [2.05, 4.69) is 30.7 Å². The minimum atomic E-state index is -4.37. The number of fused-ring (bicyclic) bond motifs is 1. The number of carbonyl (C=O) groups excluding carboxylic acids is 2. The summed E-state index contributed by atoms with van der Waals surface area (Å²) in [6.07, 6.45) is 8.31. The number of nitrogens with zero attached hydrogens (tertiary/aromatic N) is 5. The van der Waals surface area contributed by atoms with Crippen LogP contribution in [0.4, 0.5) is 22.0 Å². The molecular weight excluding hydrogens is 537 g/mol. The Labute approximate surface area is 228 Å². The fraction of sp³-hybridized carbons (Fsp3) is 0.538. The van der Waals surface area contributed by atoms with Crippen molar-refractivity contribution in [3.63, 3.8) is 0 Å². The van der Waals surface area contributed by atoms with Crippen LogP contribution in [0.1, 0.15) is 86.0 Å². The van der Waals surface area contributed by atoms with Gasteiger partial charge in [-0.2, -0.15) is 18.3 Å². The molecule has 2 N–H and O–H groups in total. The molecule has 2 aliphatic rings. The topological polar surface area (TPSA) is 114 Å². The Morgan fingerprint density at radius 2 is 1.65 bits per heavy atom. The van der Waals surface area contributed by atoms with Gasteiger partial charge in [0.15, 0.2) is 5.65 Å². The summed E-state index contributed by atoms with van der Waals surface area (Å²) in [7, 11) is 0. The molecule has 0 unspecified atom stereocenters. The zero-order valence-corrected chi connectivity index (χ0v) is 21.9. The van der Waals surface area contributed by atoms with Gasteiger partial charge in [-0.25, -0.2) is 23.3 Å². The second kappa shape index (κ2) is 14.6. The van der Waals surface area contributed by atoms with Gasteiger partial charge >= 0.3 is 6.18 Å². The average molecular weight is 570 g/mol. The van der Waals surface area contributed by atoms with Crippen LogP contribution in [0.3, 0.4) is 0 Å². The maximum Gasteiger partial charge on any atom is 0.389 e. The highest BCUT2D eigenvalue weighted by molar-refractivity contribution is 5.91. The fourth-order valence-electron chi connectivity index (χ4n) is 3.44. The van der Waals surface area contributed by atoms with E-state index in [4.69, 9.17) is 0 Å². The van der Waals surface area contributed by atoms with Crippen LogP contribution in [0.25, 0.3) is 5.65 Å². The molecule has 0 atom stereocenters. The predicted octanol–water partition coefficient (Wildman–Crippen LogP) is 5.16. The van der Waals surface area contributed by atoms with Crippen LogP contribution >= 0.6 is 0 Å². The van der Waals surface area contributed by atoms with E-state index in [1.54, 1.807) is 12.3 Å². The normalized spacial score (nSPS) is 15.6. The summed E-state index contributed by atoms with van der Waals surface area (Å²) >= 11 is 0. The third-order valence-corrected chi connectivity index (χ3v) is 5.72. The molecule has 3 heterocycles. The highest BCUT2D eigenvalue weighted by Crippen LogP contribution is 2.32. The van der Waals surface area contributed by atoms with Crippen molar-refractivity contribution in [2.75, 3.05) is 0 Å². The molecule has 0 aliphatic heterocycles. The van der Waals surface area contributed by atoms with Gasteiger partial charge in [0, 0.05) is 38.2 Å². The smallest absolute Gasteiger partial charge is 0.352 e. The monoisotopic (exact) mass is 569 g/mol. The number of hydrogen-bond acceptors (Lipinski definition) is 6. The number of aromatic nitrogens is 5. The van der Waals surface area contributed by atoms with Crippen molar-refractivity contribution in [3.8, 4) is 0 Å². The largest absolute Gasteiger partial charge is 0.389 e. The predicted molar refractivity (Wildman–Crippen MR) is 135 cm³/mol. The van der Waals surface area contributed by atoms with Gasteiger partial charge in [-0.05, 0) is 24.5 Å². The minimum absolute atomic E-state index is 0.0335. The van der Waals surface area contributed by atoms with E-state index >= 15 is 0 Å². The van der Waals surface area contributed by atoms with Gasteiger partial charge in [0.2, 0.25) is 11.8 Å². The van der Waals surface area contributed by atoms with E-state index in [9.17, 15) is 31.5 Å². The number of amides is 2. The second-order valence-corrected chi connectivity index (χ2v) is 9.54. The van der Waals surface area contributed by atoms with E-state index in [0.717, 1.165) is 6.42 Å². The third kappa shape index (κ3) is 12.0. The van der Waals surface area contributed by atoms with Crippen molar-refractivity contribution >= 4 is 17.5 Å². The van der Waals surface area contributed by atoms with E-state index in [1.807, 2.05) is 0 Å². The van der Waals surface area contributed by atoms with Crippen LogP contribution in [0.2, 0.25) is 0 Å². The van der Waals surface area contributed by atoms with Crippen molar-refractivity contribution in [1.29, 1.82) is 0 Å². The summed E-state index contributed by atoms with van der Waals surface area (Å²) < 4.78 is 62.3. The molecule has 40 heavy (non-hydrogen) atoms. The standard InChI is InChI=1S/C17H16F3N7O2.C6H10F2.C3H6/c18-17(19,20)2-1-15(28)23-6-11-5-14-26-12(10-27(14)25-7-11)8-24-16(29)13-9-21-3-4-22-13;7-6(8)4-2-1-3-5-6;1-2-3-1/h3-5,7,9-10H,1-2,6,8H2,(H,23,28)(H,24,29);1-5H2;1-3H2. The van der Waals surface area contributed by atoms with Crippen LogP contribution in [-0.2, 0) is 17.9 Å². The molecule has 0 radical (unpaired) electrons. The summed E-state index contributed by atoms with van der Waals surface area (Å²) in [6.45, 7) is 0.175. The molecule has 2 amide bonds. The highest BCUT2D eigenvalue weighted by Gasteiger charge is 2.30. The first-order chi connectivity index (χ1) is 19.0. The summed E-state index contributed by atoms with van der Waals surface area (Å²) in [5, 5.41) is 9.22. The summed E-state index contributed by atoms with van der Waals surface area (Å²) in [6, 6.07) is 1.64. The molecule has 218 valence electrons. The first-order valence-electron chi connectivity index (χ1n) is 13.1. The number of halogens is 5. The molecule has 5 rings (SSSR count). The zero-order valence-electron chi connectivity index (χ0n) is 21.9. The van der Waals surface area contributed by atoms with Crippen molar-refractivity contribution in [2.45, 2.75) is 89.4 Å². The average Bonchev–Trinajstić information content (AvgIpc) is 3.75. The molecule has 14 heteroatoms. The molecule has 2 saturated carbocycles. The minimum Gasteiger partial charge on any atom is -0.352 e. The Morgan fingerprint density at radius 1 is 0.950 bits per heavy atom. The lowest BCUT2D eigenvalue weighted by atomic mass is 9.97. The second-order valence-electron chi connectivity index (χ2n) is 9.54. The Hall–Kier alpha value is -3.71. The Bertz CT molecular complexity index is 1220. The van der Waals surface area contributed by atoms with E-state index in [0.29, 0.717) is 29.7 Å². The van der Waals surface area contributed by atoms with Crippen molar-refractivity contribution in [3.05, 3.63) is 54.0 Å². The van der Waals surface area contributed by atoms with Crippen LogP contribution in [0, 0.1) is 0 Å². The summed E-state index contributed by atoms with van der Waals surface area (Å²) in [4.78, 5) is 35.5. The molecule has 3 aromatic rings. The number of hydrogen-bond donors (Lipinski definition) is 2. The van der Waals surface area contributed by atoms with Gasteiger partial charge in [0.25, 0.3) is 5.91 Å². The van der Waals surface area contributed by atoms with E-state index in [1.165, 1.54) is 48.6 Å². The molecule has 2 aliphatic carbocycles. The summed E-state index contributed by atoms with van der Waals surface area (Å²) in [5.74, 6) is -3.42. The molecule has 0 spiro atoms. The molecule has 0 bridgehead atoms. The van der Waals surface area contributed by atoms with Crippen LogP contribution in [0.5, 0.6) is 0 Å². The molecule has 3 aromatic heterocycles. The summed E-state index contributed by atoms with van der Waals surface area (Å²) in [5.41, 5.74) is 1.77. The fourth-order valence-corrected chi connectivity index (χ4v) is 3.44. The lowest BCUT2D eigenvalue weighted by molar-refractivity contribution is -0.144. The Kier molecular flexibility index (Phi) is 11.3.